The first kappa shape index (κ1) is 10.1. The normalized spacial score (nSPS) is 20.3. The lowest BCUT2D eigenvalue weighted by atomic mass is 9.84. The highest BCUT2D eigenvalue weighted by Crippen LogP contribution is 2.26. The summed E-state index contributed by atoms with van der Waals surface area (Å²) in [6.07, 6.45) is 11.4. The first-order chi connectivity index (χ1) is 6.24. The number of rotatable bonds is 2. The Hall–Kier alpha value is -0.970. The number of amides is 1. The second-order valence-electron chi connectivity index (χ2n) is 3.80. The van der Waals surface area contributed by atoms with E-state index >= 15 is 0 Å². The van der Waals surface area contributed by atoms with Crippen LogP contribution in [-0.4, -0.2) is 11.9 Å². The minimum absolute atomic E-state index is 0.240. The van der Waals surface area contributed by atoms with E-state index in [2.05, 4.69) is 11.2 Å². The fourth-order valence-corrected chi connectivity index (χ4v) is 2.00. The van der Waals surface area contributed by atoms with Crippen LogP contribution in [0.25, 0.3) is 0 Å². The van der Waals surface area contributed by atoms with Crippen LogP contribution < -0.4 is 5.32 Å². The molecular formula is C11H17NO. The van der Waals surface area contributed by atoms with Crippen LogP contribution in [0.5, 0.6) is 0 Å². The van der Waals surface area contributed by atoms with E-state index in [1.165, 1.54) is 32.1 Å². The highest BCUT2D eigenvalue weighted by molar-refractivity contribution is 5.92. The Kier molecular flexibility index (Phi) is 3.82. The molecule has 1 fully saturated rings. The molecule has 0 saturated heterocycles. The predicted octanol–water partition coefficient (Wildman–Crippen LogP) is 1.70. The number of carbonyl (C=O) groups is 1. The molecule has 0 aromatic rings. The van der Waals surface area contributed by atoms with Gasteiger partial charge < -0.3 is 5.32 Å². The van der Waals surface area contributed by atoms with Gasteiger partial charge in [0, 0.05) is 6.04 Å². The third-order valence-electron chi connectivity index (χ3n) is 2.85. The molecule has 0 aliphatic heterocycles. The summed E-state index contributed by atoms with van der Waals surface area (Å²) in [5.74, 6) is 2.44. The average Bonchev–Trinajstić information content (AvgIpc) is 2.19. The summed E-state index contributed by atoms with van der Waals surface area (Å²) in [7, 11) is 0. The summed E-state index contributed by atoms with van der Waals surface area (Å²) in [6.45, 7) is 2.05. The quantitative estimate of drug-likeness (QED) is 0.642. The van der Waals surface area contributed by atoms with Crippen LogP contribution in [0.3, 0.4) is 0 Å². The fourth-order valence-electron chi connectivity index (χ4n) is 2.00. The molecule has 72 valence electrons. The van der Waals surface area contributed by atoms with Gasteiger partial charge in [-0.25, -0.2) is 0 Å². The third kappa shape index (κ3) is 3.10. The molecule has 2 nitrogen and oxygen atoms in total. The Labute approximate surface area is 80.1 Å². The Morgan fingerprint density at radius 1 is 1.46 bits per heavy atom. The summed E-state index contributed by atoms with van der Waals surface area (Å²) in [4.78, 5) is 10.9. The van der Waals surface area contributed by atoms with Crippen molar-refractivity contribution < 1.29 is 4.79 Å². The van der Waals surface area contributed by atoms with Crippen LogP contribution in [-0.2, 0) is 4.79 Å². The van der Waals surface area contributed by atoms with Gasteiger partial charge in [0.2, 0.25) is 0 Å². The maximum atomic E-state index is 10.9. The molecule has 1 N–H and O–H groups in total. The van der Waals surface area contributed by atoms with Crippen molar-refractivity contribution >= 4 is 5.91 Å². The van der Waals surface area contributed by atoms with E-state index in [4.69, 9.17) is 6.42 Å². The van der Waals surface area contributed by atoms with E-state index < -0.39 is 0 Å². The van der Waals surface area contributed by atoms with Gasteiger partial charge in [-0.1, -0.05) is 19.3 Å². The topological polar surface area (TPSA) is 29.1 Å². The smallest absolute Gasteiger partial charge is 0.295 e. The molecule has 0 radical (unpaired) electrons. The van der Waals surface area contributed by atoms with E-state index in [1.807, 2.05) is 6.92 Å². The number of carbonyl (C=O) groups excluding carboxylic acids is 1. The van der Waals surface area contributed by atoms with Crippen molar-refractivity contribution in [3.63, 3.8) is 0 Å². The molecule has 0 heterocycles. The SMILES string of the molecule is C#CC(=O)NC(C)C1CCCCC1. The molecule has 1 aliphatic carbocycles. The molecular weight excluding hydrogens is 162 g/mol. The van der Waals surface area contributed by atoms with E-state index in [0.717, 1.165) is 0 Å². The number of terminal acetylenes is 1. The second-order valence-corrected chi connectivity index (χ2v) is 3.80. The van der Waals surface area contributed by atoms with Gasteiger partial charge in [-0.05, 0) is 31.6 Å². The molecule has 0 aromatic carbocycles. The van der Waals surface area contributed by atoms with E-state index in [1.54, 1.807) is 0 Å². The van der Waals surface area contributed by atoms with E-state index in [-0.39, 0.29) is 11.9 Å². The molecule has 1 amide bonds. The molecule has 0 spiro atoms. The van der Waals surface area contributed by atoms with Crippen LogP contribution in [0.1, 0.15) is 39.0 Å². The lowest BCUT2D eigenvalue weighted by Crippen LogP contribution is -2.38. The van der Waals surface area contributed by atoms with Gasteiger partial charge in [-0.2, -0.15) is 0 Å². The van der Waals surface area contributed by atoms with Gasteiger partial charge in [0.05, 0.1) is 0 Å². The zero-order valence-corrected chi connectivity index (χ0v) is 8.18. The Balaban J connectivity index is 2.33. The van der Waals surface area contributed by atoms with Gasteiger partial charge in [-0.15, -0.1) is 6.42 Å². The summed E-state index contributed by atoms with van der Waals surface area (Å²) >= 11 is 0. The predicted molar refractivity (Wildman–Crippen MR) is 53.0 cm³/mol. The van der Waals surface area contributed by atoms with Crippen molar-refractivity contribution in [1.82, 2.24) is 5.32 Å². The lowest BCUT2D eigenvalue weighted by Gasteiger charge is -2.27. The summed E-state index contributed by atoms with van der Waals surface area (Å²) in [6, 6.07) is 0.240. The van der Waals surface area contributed by atoms with Crippen molar-refractivity contribution in [1.29, 1.82) is 0 Å². The van der Waals surface area contributed by atoms with Gasteiger partial charge in [0.15, 0.2) is 0 Å². The molecule has 13 heavy (non-hydrogen) atoms. The molecule has 1 saturated carbocycles. The highest BCUT2D eigenvalue weighted by Gasteiger charge is 2.20. The number of hydrogen-bond donors (Lipinski definition) is 1. The largest absolute Gasteiger partial charge is 0.343 e. The molecule has 0 bridgehead atoms. The molecule has 1 rings (SSSR count). The van der Waals surface area contributed by atoms with Crippen molar-refractivity contribution in [2.45, 2.75) is 45.1 Å². The number of nitrogens with one attached hydrogen (secondary N) is 1. The molecule has 1 atom stereocenters. The lowest BCUT2D eigenvalue weighted by molar-refractivity contribution is -0.116. The first-order valence-electron chi connectivity index (χ1n) is 5.01. The van der Waals surface area contributed by atoms with Crippen LogP contribution in [0, 0.1) is 18.3 Å². The van der Waals surface area contributed by atoms with Crippen LogP contribution in [0.4, 0.5) is 0 Å². The standard InChI is InChI=1S/C11H17NO/c1-3-11(13)12-9(2)10-7-5-4-6-8-10/h1,9-10H,4-8H2,2H3,(H,12,13). The van der Waals surface area contributed by atoms with Crippen molar-refractivity contribution in [2.24, 2.45) is 5.92 Å². The van der Waals surface area contributed by atoms with Crippen LogP contribution in [0.2, 0.25) is 0 Å². The minimum atomic E-state index is -0.280. The third-order valence-corrected chi connectivity index (χ3v) is 2.85. The van der Waals surface area contributed by atoms with Crippen LogP contribution >= 0.6 is 0 Å². The molecule has 1 aliphatic rings. The molecule has 2 heteroatoms. The Morgan fingerprint density at radius 2 is 2.08 bits per heavy atom. The maximum Gasteiger partial charge on any atom is 0.295 e. The fraction of sp³-hybridized carbons (Fsp3) is 0.727. The second kappa shape index (κ2) is 4.91. The van der Waals surface area contributed by atoms with Gasteiger partial charge in [0.25, 0.3) is 5.91 Å². The van der Waals surface area contributed by atoms with Crippen molar-refractivity contribution in [2.75, 3.05) is 0 Å². The minimum Gasteiger partial charge on any atom is -0.343 e. The molecule has 1 unspecified atom stereocenters. The van der Waals surface area contributed by atoms with Crippen molar-refractivity contribution in [3.05, 3.63) is 0 Å². The van der Waals surface area contributed by atoms with Gasteiger partial charge in [-0.3, -0.25) is 4.79 Å². The zero-order valence-electron chi connectivity index (χ0n) is 8.18. The summed E-state index contributed by atoms with van der Waals surface area (Å²) in [5.41, 5.74) is 0. The van der Waals surface area contributed by atoms with Gasteiger partial charge >= 0.3 is 0 Å². The van der Waals surface area contributed by atoms with E-state index in [9.17, 15) is 4.79 Å². The Bertz CT molecular complexity index is 211. The zero-order chi connectivity index (χ0) is 9.68. The monoisotopic (exact) mass is 179 g/mol. The highest BCUT2D eigenvalue weighted by atomic mass is 16.1. The number of hydrogen-bond acceptors (Lipinski definition) is 1. The summed E-state index contributed by atoms with van der Waals surface area (Å²) < 4.78 is 0. The van der Waals surface area contributed by atoms with E-state index in [0.29, 0.717) is 5.92 Å². The average molecular weight is 179 g/mol. The summed E-state index contributed by atoms with van der Waals surface area (Å²) in [5, 5.41) is 2.82. The van der Waals surface area contributed by atoms with Crippen molar-refractivity contribution in [3.8, 4) is 12.3 Å². The van der Waals surface area contributed by atoms with Crippen LogP contribution in [0.15, 0.2) is 0 Å². The Morgan fingerprint density at radius 3 is 2.62 bits per heavy atom. The first-order valence-corrected chi connectivity index (χ1v) is 5.01. The van der Waals surface area contributed by atoms with Gasteiger partial charge in [0.1, 0.15) is 0 Å². The maximum absolute atomic E-state index is 10.9. The molecule has 0 aromatic heterocycles.